The summed E-state index contributed by atoms with van der Waals surface area (Å²) in [6.45, 7) is 20.2. The van der Waals surface area contributed by atoms with Crippen LogP contribution in [0, 0.1) is 0 Å². The molecule has 4 nitrogen and oxygen atoms in total. The highest BCUT2D eigenvalue weighted by molar-refractivity contribution is 7.50. The highest BCUT2D eigenvalue weighted by Crippen LogP contribution is 2.41. The summed E-state index contributed by atoms with van der Waals surface area (Å²) in [5.41, 5.74) is 6.64. The van der Waals surface area contributed by atoms with E-state index in [1.165, 1.54) is 5.56 Å². The molecule has 37 heavy (non-hydrogen) atoms. The van der Waals surface area contributed by atoms with Gasteiger partial charge in [0.05, 0.1) is 7.11 Å². The molecule has 0 amide bonds. The van der Waals surface area contributed by atoms with Gasteiger partial charge in [-0.1, -0.05) is 104 Å². The second-order valence-electron chi connectivity index (χ2n) is 8.59. The van der Waals surface area contributed by atoms with E-state index < -0.39 is 8.16 Å². The minimum absolute atomic E-state index is 0.533. The van der Waals surface area contributed by atoms with Crippen molar-refractivity contribution in [1.29, 1.82) is 0 Å². The molecule has 1 heterocycles. The molecule has 1 unspecified atom stereocenters. The average Bonchev–Trinajstić information content (AvgIpc) is 3.09. The normalized spacial score (nSPS) is 10.7. The molecule has 192 valence electrons. The molecular weight excluding hydrogens is 496 g/mol. The summed E-state index contributed by atoms with van der Waals surface area (Å²) in [6, 6.07) is 16.0. The lowest BCUT2D eigenvalue weighted by Crippen LogP contribution is -1.92. The molecule has 0 N–H and O–H groups in total. The Balaban J connectivity index is 0.000000289. The first-order valence-electron chi connectivity index (χ1n) is 11.9. The zero-order chi connectivity index (χ0) is 27.1. The Kier molecular flexibility index (Phi) is 9.78. The highest BCUT2D eigenvalue weighted by Gasteiger charge is 2.16. The number of hydrogen-bond acceptors (Lipinski definition) is 4. The molecule has 4 aromatic rings. The molecule has 0 aliphatic heterocycles. The first-order chi connectivity index (χ1) is 17.8. The number of fused-ring (bicyclic) bond motifs is 3. The molecule has 1 aromatic heterocycles. The van der Waals surface area contributed by atoms with Crippen LogP contribution in [0.15, 0.2) is 83.2 Å². The van der Waals surface area contributed by atoms with Gasteiger partial charge in [-0.3, -0.25) is 0 Å². The summed E-state index contributed by atoms with van der Waals surface area (Å²) in [6.07, 6.45) is 7.29. The lowest BCUT2D eigenvalue weighted by atomic mass is 9.94. The molecule has 3 aromatic carbocycles. The molecule has 6 heteroatoms. The van der Waals surface area contributed by atoms with Gasteiger partial charge >= 0.3 is 8.16 Å². The van der Waals surface area contributed by atoms with Crippen molar-refractivity contribution in [3.8, 4) is 5.75 Å². The molecule has 4 rings (SSSR count). The van der Waals surface area contributed by atoms with Crippen molar-refractivity contribution in [2.45, 2.75) is 19.8 Å². The molecule has 0 saturated heterocycles. The summed E-state index contributed by atoms with van der Waals surface area (Å²) in [5, 5.41) is 1.87. The van der Waals surface area contributed by atoms with Crippen LogP contribution in [-0.2, 0) is 0 Å². The number of ether oxygens (including phenoxy) is 1. The van der Waals surface area contributed by atoms with Crippen LogP contribution in [0.4, 0.5) is 0 Å². The Morgan fingerprint density at radius 2 is 1.30 bits per heavy atom. The number of nitrogens with zero attached hydrogens (tertiary/aromatic N) is 1. The second kappa shape index (κ2) is 12.8. The van der Waals surface area contributed by atoms with Gasteiger partial charge in [0.1, 0.15) is 16.9 Å². The maximum Gasteiger partial charge on any atom is 0.312 e. The maximum absolute atomic E-state index is 6.22. The summed E-state index contributed by atoms with van der Waals surface area (Å²) >= 11 is 0. The van der Waals surface area contributed by atoms with Crippen LogP contribution in [0.3, 0.4) is 0 Å². The third kappa shape index (κ3) is 6.00. The van der Waals surface area contributed by atoms with E-state index in [2.05, 4.69) is 55.6 Å². The first-order valence-corrected chi connectivity index (χ1v) is 13.6. The highest BCUT2D eigenvalue weighted by atomic mass is 31.2. The molecule has 0 aliphatic carbocycles. The van der Waals surface area contributed by atoms with Crippen LogP contribution in [0.25, 0.3) is 46.2 Å². The number of hydrogen-bond donors (Lipinski definition) is 0. The van der Waals surface area contributed by atoms with Gasteiger partial charge in [0.2, 0.25) is 0 Å². The Hall–Kier alpha value is -3.29. The van der Waals surface area contributed by atoms with Crippen molar-refractivity contribution in [3.63, 3.8) is 0 Å². The molecule has 1 atom stereocenters. The number of methoxy groups -OCH3 is 1. The van der Waals surface area contributed by atoms with E-state index in [0.717, 1.165) is 49.9 Å². The zero-order valence-electron chi connectivity index (χ0n) is 22.0. The Morgan fingerprint density at radius 3 is 1.65 bits per heavy atom. The minimum Gasteiger partial charge on any atom is -0.496 e. The van der Waals surface area contributed by atoms with Crippen LogP contribution in [0.2, 0.25) is 0 Å². The third-order valence-electron chi connectivity index (χ3n) is 5.95. The fourth-order valence-corrected chi connectivity index (χ4v) is 5.37. The van der Waals surface area contributed by atoms with Gasteiger partial charge in [-0.25, -0.2) is 0 Å². The van der Waals surface area contributed by atoms with Crippen molar-refractivity contribution >= 4 is 63.8 Å². The second-order valence-corrected chi connectivity index (χ2v) is 11.3. The van der Waals surface area contributed by atoms with Crippen LogP contribution in [0.1, 0.15) is 47.6 Å². The molecule has 0 radical (unpaired) electrons. The predicted octanol–water partition coefficient (Wildman–Crippen LogP) is 10.0. The lowest BCUT2D eigenvalue weighted by Gasteiger charge is -2.10. The van der Waals surface area contributed by atoms with E-state index in [1.807, 2.05) is 78.3 Å². The van der Waals surface area contributed by atoms with E-state index in [-0.39, 0.29) is 0 Å². The quantitative estimate of drug-likeness (QED) is 0.222. The summed E-state index contributed by atoms with van der Waals surface area (Å²) in [4.78, 5) is 0. The Labute approximate surface area is 223 Å². The Bertz CT molecular complexity index is 1420. The van der Waals surface area contributed by atoms with Crippen LogP contribution < -0.4 is 9.18 Å². The van der Waals surface area contributed by atoms with Gasteiger partial charge in [0, 0.05) is 17.8 Å². The SMILES string of the molecule is C=Cc1ccc2op(N(C)P)oc3ccc(C=C)c(C=C)c3c2c1C=C.COc1ccccc1C(C)C. The maximum atomic E-state index is 6.22. The van der Waals surface area contributed by atoms with Gasteiger partial charge < -0.3 is 13.1 Å². The van der Waals surface area contributed by atoms with Crippen molar-refractivity contribution in [2.75, 3.05) is 18.6 Å². The summed E-state index contributed by atoms with van der Waals surface area (Å²) in [7, 11) is 4.90. The lowest BCUT2D eigenvalue weighted by molar-refractivity contribution is 0.407. The summed E-state index contributed by atoms with van der Waals surface area (Å²) in [5.74, 6) is 1.52. The molecule has 0 fully saturated rings. The number of para-hydroxylation sites is 1. The monoisotopic (exact) mass is 531 g/mol. The molecule has 0 bridgehead atoms. The standard InChI is InChI=1S/C21H21NO2P2.C10H14O/c1-6-14-10-12-18-20(16(14)8-3)21-17(9-4)15(7-2)11-13-19(21)24-26(23-18)22(5)25;1-8(2)9-6-4-5-7-10(9)11-3/h6-13H,1-4,25H2,5H3;4-8H,1-3H3. The van der Waals surface area contributed by atoms with Crippen molar-refractivity contribution in [1.82, 2.24) is 0 Å². The fourth-order valence-electron chi connectivity index (χ4n) is 4.15. The largest absolute Gasteiger partial charge is 0.496 e. The third-order valence-corrected chi connectivity index (χ3v) is 7.74. The predicted molar refractivity (Wildman–Crippen MR) is 168 cm³/mol. The van der Waals surface area contributed by atoms with Gasteiger partial charge in [0.15, 0.2) is 0 Å². The van der Waals surface area contributed by atoms with E-state index >= 15 is 0 Å². The van der Waals surface area contributed by atoms with Crippen LogP contribution in [-0.4, -0.2) is 14.2 Å². The van der Waals surface area contributed by atoms with E-state index in [4.69, 9.17) is 13.1 Å². The fraction of sp³-hybridized carbons (Fsp3) is 0.161. The van der Waals surface area contributed by atoms with E-state index in [0.29, 0.717) is 5.92 Å². The molecule has 0 saturated carbocycles. The van der Waals surface area contributed by atoms with E-state index in [1.54, 1.807) is 7.11 Å². The van der Waals surface area contributed by atoms with Gasteiger partial charge in [-0.15, -0.1) is 0 Å². The van der Waals surface area contributed by atoms with Gasteiger partial charge in [0.25, 0.3) is 0 Å². The van der Waals surface area contributed by atoms with Crippen molar-refractivity contribution in [2.24, 2.45) is 0 Å². The van der Waals surface area contributed by atoms with Gasteiger partial charge in [-0.05, 0) is 51.9 Å². The van der Waals surface area contributed by atoms with E-state index in [9.17, 15) is 0 Å². The number of rotatable bonds is 7. The average molecular weight is 532 g/mol. The van der Waals surface area contributed by atoms with Crippen LogP contribution in [0.5, 0.6) is 5.75 Å². The smallest absolute Gasteiger partial charge is 0.312 e. The topological polar surface area (TPSA) is 38.8 Å². The first kappa shape index (κ1) is 28.3. The molecule has 0 aliphatic rings. The molecule has 0 spiro atoms. The zero-order valence-corrected chi connectivity index (χ0v) is 24.1. The number of benzene rings is 3. The Morgan fingerprint density at radius 1 is 0.811 bits per heavy atom. The summed E-state index contributed by atoms with van der Waals surface area (Å²) < 4.78 is 19.5. The van der Waals surface area contributed by atoms with Crippen LogP contribution >= 0.6 is 17.6 Å². The van der Waals surface area contributed by atoms with Crippen molar-refractivity contribution in [3.05, 3.63) is 103 Å². The molecular formula is C31H35NO3P2. The van der Waals surface area contributed by atoms with Gasteiger partial charge in [-0.2, -0.15) is 4.44 Å². The van der Waals surface area contributed by atoms with Crippen molar-refractivity contribution < 1.29 is 13.1 Å². The minimum atomic E-state index is -1.32.